The minimum atomic E-state index is -0.164. The fourth-order valence-electron chi connectivity index (χ4n) is 3.39. The average Bonchev–Trinajstić information content (AvgIpc) is 2.81. The second-order valence-electron chi connectivity index (χ2n) is 5.94. The number of hydrogen-bond acceptors (Lipinski definition) is 2. The number of benzene rings is 1. The number of ether oxygens (including phenoxy) is 1. The molecule has 0 bridgehead atoms. The third kappa shape index (κ3) is 3.34. The number of halogens is 2. The first-order chi connectivity index (χ1) is 9.74. The Hall–Kier alpha value is -0.610. The van der Waals surface area contributed by atoms with Crippen LogP contribution in [0.15, 0.2) is 18.2 Å². The molecule has 2 atom stereocenters. The maximum Gasteiger partial charge on any atom is 0.123 e. The van der Waals surface area contributed by atoms with Crippen molar-refractivity contribution in [2.75, 3.05) is 25.0 Å². The fourth-order valence-corrected chi connectivity index (χ4v) is 4.03. The molecular formula is C16H21BrFNO. The Kier molecular flexibility index (Phi) is 4.61. The van der Waals surface area contributed by atoms with Gasteiger partial charge in [0.25, 0.3) is 0 Å². The summed E-state index contributed by atoms with van der Waals surface area (Å²) in [6, 6.07) is 4.85. The molecule has 0 aliphatic carbocycles. The predicted molar refractivity (Wildman–Crippen MR) is 82.1 cm³/mol. The van der Waals surface area contributed by atoms with Gasteiger partial charge in [-0.15, -0.1) is 0 Å². The topological polar surface area (TPSA) is 12.5 Å². The Labute approximate surface area is 128 Å². The molecule has 1 aromatic carbocycles. The van der Waals surface area contributed by atoms with Crippen molar-refractivity contribution in [3.63, 3.8) is 0 Å². The fraction of sp³-hybridized carbons (Fsp3) is 0.625. The van der Waals surface area contributed by atoms with Crippen molar-refractivity contribution in [3.05, 3.63) is 29.6 Å². The molecule has 1 saturated heterocycles. The molecule has 0 saturated carbocycles. The van der Waals surface area contributed by atoms with Crippen LogP contribution >= 0.6 is 15.9 Å². The summed E-state index contributed by atoms with van der Waals surface area (Å²) in [6.45, 7) is 3.31. The maximum atomic E-state index is 13.2. The molecule has 2 aliphatic heterocycles. The summed E-state index contributed by atoms with van der Waals surface area (Å²) >= 11 is 3.54. The average molecular weight is 342 g/mol. The van der Waals surface area contributed by atoms with E-state index in [1.54, 1.807) is 12.1 Å². The van der Waals surface area contributed by atoms with E-state index in [4.69, 9.17) is 4.74 Å². The second kappa shape index (κ2) is 6.44. The van der Waals surface area contributed by atoms with Crippen molar-refractivity contribution in [1.29, 1.82) is 0 Å². The van der Waals surface area contributed by atoms with Crippen molar-refractivity contribution in [2.24, 2.45) is 5.92 Å². The van der Waals surface area contributed by atoms with E-state index in [1.807, 2.05) is 0 Å². The van der Waals surface area contributed by atoms with E-state index in [-0.39, 0.29) is 11.9 Å². The van der Waals surface area contributed by atoms with Crippen LogP contribution in [0.25, 0.3) is 0 Å². The zero-order valence-corrected chi connectivity index (χ0v) is 13.2. The lowest BCUT2D eigenvalue weighted by Crippen LogP contribution is -2.41. The van der Waals surface area contributed by atoms with Crippen LogP contribution in [-0.2, 0) is 6.42 Å². The van der Waals surface area contributed by atoms with Gasteiger partial charge in [0.15, 0.2) is 0 Å². The van der Waals surface area contributed by atoms with Crippen LogP contribution < -0.4 is 4.74 Å². The minimum Gasteiger partial charge on any atom is -0.488 e. The van der Waals surface area contributed by atoms with Gasteiger partial charge in [-0.2, -0.15) is 0 Å². The quantitative estimate of drug-likeness (QED) is 0.775. The SMILES string of the molecule is Fc1ccc2c(c1)CC(CN1CCCC(CCBr)C1)O2. The summed E-state index contributed by atoms with van der Waals surface area (Å²) in [5.74, 6) is 1.51. The highest BCUT2D eigenvalue weighted by Gasteiger charge is 2.27. The summed E-state index contributed by atoms with van der Waals surface area (Å²) in [5.41, 5.74) is 1.02. The van der Waals surface area contributed by atoms with E-state index in [0.717, 1.165) is 35.5 Å². The largest absolute Gasteiger partial charge is 0.488 e. The molecule has 0 radical (unpaired) electrons. The van der Waals surface area contributed by atoms with Crippen molar-refractivity contribution in [2.45, 2.75) is 31.8 Å². The number of fused-ring (bicyclic) bond motifs is 1. The molecule has 20 heavy (non-hydrogen) atoms. The molecule has 0 N–H and O–H groups in total. The van der Waals surface area contributed by atoms with Crippen LogP contribution in [0.5, 0.6) is 5.75 Å². The van der Waals surface area contributed by atoms with Gasteiger partial charge >= 0.3 is 0 Å². The number of rotatable bonds is 4. The Morgan fingerprint density at radius 2 is 2.30 bits per heavy atom. The Balaban J connectivity index is 1.55. The number of nitrogens with zero attached hydrogens (tertiary/aromatic N) is 1. The maximum absolute atomic E-state index is 13.2. The Morgan fingerprint density at radius 1 is 1.40 bits per heavy atom. The van der Waals surface area contributed by atoms with E-state index in [1.165, 1.54) is 38.4 Å². The smallest absolute Gasteiger partial charge is 0.123 e. The van der Waals surface area contributed by atoms with Gasteiger partial charge in [-0.3, -0.25) is 4.90 Å². The van der Waals surface area contributed by atoms with E-state index < -0.39 is 0 Å². The zero-order chi connectivity index (χ0) is 13.9. The Bertz CT molecular complexity index is 466. The molecule has 4 heteroatoms. The lowest BCUT2D eigenvalue weighted by molar-refractivity contribution is 0.110. The molecule has 110 valence electrons. The van der Waals surface area contributed by atoms with Crippen LogP contribution in [0.3, 0.4) is 0 Å². The highest BCUT2D eigenvalue weighted by atomic mass is 79.9. The van der Waals surface area contributed by atoms with E-state index in [9.17, 15) is 4.39 Å². The highest BCUT2D eigenvalue weighted by molar-refractivity contribution is 9.09. The van der Waals surface area contributed by atoms with E-state index in [2.05, 4.69) is 20.8 Å². The van der Waals surface area contributed by atoms with Crippen LogP contribution in [0.1, 0.15) is 24.8 Å². The molecule has 2 nitrogen and oxygen atoms in total. The standard InChI is InChI=1S/C16H21BrFNO/c17-6-5-12-2-1-7-19(10-12)11-15-9-13-8-14(18)3-4-16(13)20-15/h3-4,8,12,15H,1-2,5-7,9-11H2. The normalized spacial score (nSPS) is 26.3. The lowest BCUT2D eigenvalue weighted by atomic mass is 9.95. The van der Waals surface area contributed by atoms with Crippen molar-refractivity contribution >= 4 is 15.9 Å². The molecule has 1 fully saturated rings. The van der Waals surface area contributed by atoms with Gasteiger partial charge in [0.1, 0.15) is 17.7 Å². The molecule has 3 rings (SSSR count). The van der Waals surface area contributed by atoms with Gasteiger partial charge in [0.05, 0.1) is 0 Å². The molecule has 0 aromatic heterocycles. The summed E-state index contributed by atoms with van der Waals surface area (Å²) in [7, 11) is 0. The zero-order valence-electron chi connectivity index (χ0n) is 11.7. The second-order valence-corrected chi connectivity index (χ2v) is 6.73. The third-order valence-corrected chi connectivity index (χ3v) is 4.80. The molecule has 0 amide bonds. The number of alkyl halides is 1. The predicted octanol–water partition coefficient (Wildman–Crippen LogP) is 3.63. The van der Waals surface area contributed by atoms with Crippen molar-refractivity contribution < 1.29 is 9.13 Å². The van der Waals surface area contributed by atoms with E-state index in [0.29, 0.717) is 0 Å². The van der Waals surface area contributed by atoms with Gasteiger partial charge in [0, 0.05) is 30.4 Å². The summed E-state index contributed by atoms with van der Waals surface area (Å²) in [6.07, 6.45) is 4.92. The molecule has 1 aromatic rings. The van der Waals surface area contributed by atoms with Gasteiger partial charge in [-0.05, 0) is 49.9 Å². The third-order valence-electron chi connectivity index (χ3n) is 4.35. The summed E-state index contributed by atoms with van der Waals surface area (Å²) < 4.78 is 19.2. The summed E-state index contributed by atoms with van der Waals surface area (Å²) in [5, 5.41) is 1.09. The van der Waals surface area contributed by atoms with Gasteiger partial charge in [0.2, 0.25) is 0 Å². The first-order valence-corrected chi connectivity index (χ1v) is 8.60. The van der Waals surface area contributed by atoms with Gasteiger partial charge in [-0.25, -0.2) is 4.39 Å². The molecule has 2 unspecified atom stereocenters. The number of likely N-dealkylation sites (tertiary alicyclic amines) is 1. The molecule has 2 aliphatic rings. The molecule has 2 heterocycles. The first-order valence-electron chi connectivity index (χ1n) is 7.48. The van der Waals surface area contributed by atoms with Gasteiger partial charge < -0.3 is 4.74 Å². The minimum absolute atomic E-state index is 0.164. The van der Waals surface area contributed by atoms with E-state index >= 15 is 0 Å². The molecule has 0 spiro atoms. The van der Waals surface area contributed by atoms with Gasteiger partial charge in [-0.1, -0.05) is 15.9 Å². The van der Waals surface area contributed by atoms with Crippen molar-refractivity contribution in [3.8, 4) is 5.75 Å². The van der Waals surface area contributed by atoms with Crippen molar-refractivity contribution in [1.82, 2.24) is 4.90 Å². The highest BCUT2D eigenvalue weighted by Crippen LogP contribution is 2.30. The first kappa shape index (κ1) is 14.3. The monoisotopic (exact) mass is 341 g/mol. The number of piperidine rings is 1. The molecular weight excluding hydrogens is 321 g/mol. The Morgan fingerprint density at radius 3 is 3.15 bits per heavy atom. The van der Waals surface area contributed by atoms with Crippen LogP contribution in [-0.4, -0.2) is 36.0 Å². The lowest BCUT2D eigenvalue weighted by Gasteiger charge is -2.33. The summed E-state index contributed by atoms with van der Waals surface area (Å²) in [4.78, 5) is 2.52. The van der Waals surface area contributed by atoms with Crippen LogP contribution in [0.4, 0.5) is 4.39 Å². The van der Waals surface area contributed by atoms with Crippen LogP contribution in [0.2, 0.25) is 0 Å². The van der Waals surface area contributed by atoms with Crippen LogP contribution in [0, 0.1) is 11.7 Å². The number of hydrogen-bond donors (Lipinski definition) is 0.